The molecule has 0 bridgehead atoms. The third-order valence-electron chi connectivity index (χ3n) is 3.16. The molecule has 2 rings (SSSR count). The maximum Gasteiger partial charge on any atom is 0.136 e. The van der Waals surface area contributed by atoms with E-state index in [4.69, 9.17) is 11.6 Å². The van der Waals surface area contributed by atoms with Crippen LogP contribution in [0.3, 0.4) is 0 Å². The van der Waals surface area contributed by atoms with Gasteiger partial charge in [-0.3, -0.25) is 0 Å². The number of hydrogen-bond acceptors (Lipinski definition) is 6. The molecule has 2 aromatic rings. The SMILES string of the molecule is Cc1nc(Nc2ccc(NCC(O)CCl)cc2)cc(N(C)C)n1. The predicted molar refractivity (Wildman–Crippen MR) is 96.0 cm³/mol. The highest BCUT2D eigenvalue weighted by molar-refractivity contribution is 6.18. The molecule has 1 aromatic carbocycles. The first-order valence-corrected chi connectivity index (χ1v) is 7.89. The normalized spacial score (nSPS) is 11.9. The number of halogens is 1. The lowest BCUT2D eigenvalue weighted by molar-refractivity contribution is 0.211. The predicted octanol–water partition coefficient (Wildman–Crippen LogP) is 2.61. The Morgan fingerprint density at radius 3 is 2.43 bits per heavy atom. The van der Waals surface area contributed by atoms with Gasteiger partial charge in [0.2, 0.25) is 0 Å². The van der Waals surface area contributed by atoms with Crippen LogP contribution in [0.1, 0.15) is 5.82 Å². The van der Waals surface area contributed by atoms with Crippen molar-refractivity contribution in [1.29, 1.82) is 0 Å². The second-order valence-corrected chi connectivity index (χ2v) is 5.75. The van der Waals surface area contributed by atoms with Gasteiger partial charge >= 0.3 is 0 Å². The molecule has 1 unspecified atom stereocenters. The molecule has 0 amide bonds. The van der Waals surface area contributed by atoms with Crippen LogP contribution in [0.5, 0.6) is 0 Å². The van der Waals surface area contributed by atoms with Gasteiger partial charge < -0.3 is 20.6 Å². The Kier molecular flexibility index (Phi) is 6.01. The third kappa shape index (κ3) is 5.26. The monoisotopic (exact) mass is 335 g/mol. The molecule has 0 aliphatic carbocycles. The van der Waals surface area contributed by atoms with E-state index in [0.29, 0.717) is 12.4 Å². The molecule has 124 valence electrons. The zero-order valence-electron chi connectivity index (χ0n) is 13.5. The molecule has 0 spiro atoms. The number of aliphatic hydroxyl groups excluding tert-OH is 1. The Labute approximate surface area is 141 Å². The lowest BCUT2D eigenvalue weighted by Crippen LogP contribution is -2.20. The van der Waals surface area contributed by atoms with E-state index in [1.54, 1.807) is 0 Å². The molecule has 6 nitrogen and oxygen atoms in total. The number of aryl methyl sites for hydroxylation is 1. The van der Waals surface area contributed by atoms with Gasteiger partial charge in [0.1, 0.15) is 17.5 Å². The minimum absolute atomic E-state index is 0.216. The minimum atomic E-state index is -0.553. The summed E-state index contributed by atoms with van der Waals surface area (Å²) < 4.78 is 0. The number of alkyl halides is 1. The fraction of sp³-hybridized carbons (Fsp3) is 0.375. The van der Waals surface area contributed by atoms with Crippen LogP contribution < -0.4 is 15.5 Å². The van der Waals surface area contributed by atoms with Crippen molar-refractivity contribution in [1.82, 2.24) is 9.97 Å². The summed E-state index contributed by atoms with van der Waals surface area (Å²) in [6.45, 7) is 2.29. The van der Waals surface area contributed by atoms with Crippen LogP contribution in [0, 0.1) is 6.92 Å². The number of aliphatic hydroxyl groups is 1. The van der Waals surface area contributed by atoms with Crippen molar-refractivity contribution in [3.05, 3.63) is 36.2 Å². The van der Waals surface area contributed by atoms with Gasteiger partial charge in [-0.2, -0.15) is 0 Å². The number of anilines is 4. The lowest BCUT2D eigenvalue weighted by atomic mass is 10.2. The van der Waals surface area contributed by atoms with Gasteiger partial charge in [-0.25, -0.2) is 9.97 Å². The Hall–Kier alpha value is -2.05. The molecule has 0 aliphatic heterocycles. The second-order valence-electron chi connectivity index (χ2n) is 5.44. The minimum Gasteiger partial charge on any atom is -0.390 e. The first-order chi connectivity index (χ1) is 11.0. The molecule has 1 aromatic heterocycles. The molecule has 0 radical (unpaired) electrons. The average Bonchev–Trinajstić information content (AvgIpc) is 2.53. The van der Waals surface area contributed by atoms with E-state index in [0.717, 1.165) is 23.0 Å². The van der Waals surface area contributed by atoms with Crippen molar-refractivity contribution >= 4 is 34.6 Å². The van der Waals surface area contributed by atoms with E-state index < -0.39 is 6.10 Å². The van der Waals surface area contributed by atoms with Crippen LogP contribution in [0.25, 0.3) is 0 Å². The van der Waals surface area contributed by atoms with Gasteiger partial charge in [0.15, 0.2) is 0 Å². The molecular weight excluding hydrogens is 314 g/mol. The lowest BCUT2D eigenvalue weighted by Gasteiger charge is -2.14. The van der Waals surface area contributed by atoms with Crippen LogP contribution in [-0.4, -0.2) is 47.7 Å². The van der Waals surface area contributed by atoms with E-state index in [9.17, 15) is 5.11 Å². The van der Waals surface area contributed by atoms with Crippen molar-refractivity contribution in [3.63, 3.8) is 0 Å². The van der Waals surface area contributed by atoms with Gasteiger partial charge in [0.25, 0.3) is 0 Å². The molecular formula is C16H22ClN5O. The molecule has 0 saturated heterocycles. The molecule has 0 saturated carbocycles. The molecule has 7 heteroatoms. The number of benzene rings is 1. The van der Waals surface area contributed by atoms with E-state index in [1.807, 2.05) is 56.3 Å². The van der Waals surface area contributed by atoms with Crippen LogP contribution in [0.15, 0.2) is 30.3 Å². The van der Waals surface area contributed by atoms with Crippen LogP contribution in [0.4, 0.5) is 23.0 Å². The quantitative estimate of drug-likeness (QED) is 0.675. The molecule has 1 atom stereocenters. The van der Waals surface area contributed by atoms with E-state index in [-0.39, 0.29) is 5.88 Å². The van der Waals surface area contributed by atoms with Crippen LogP contribution in [-0.2, 0) is 0 Å². The van der Waals surface area contributed by atoms with Gasteiger partial charge in [0.05, 0.1) is 12.0 Å². The maximum atomic E-state index is 9.44. The van der Waals surface area contributed by atoms with Gasteiger partial charge in [-0.15, -0.1) is 11.6 Å². The summed E-state index contributed by atoms with van der Waals surface area (Å²) >= 11 is 5.57. The summed E-state index contributed by atoms with van der Waals surface area (Å²) in [7, 11) is 3.89. The fourth-order valence-electron chi connectivity index (χ4n) is 1.95. The standard InChI is InChI=1S/C16H22ClN5O/c1-11-19-15(8-16(20-11)22(2)3)21-13-6-4-12(5-7-13)18-10-14(23)9-17/h4-8,14,18,23H,9-10H2,1-3H3,(H,19,20,21). The molecule has 1 heterocycles. The highest BCUT2D eigenvalue weighted by Crippen LogP contribution is 2.20. The van der Waals surface area contributed by atoms with Crippen molar-refractivity contribution < 1.29 is 5.11 Å². The van der Waals surface area contributed by atoms with E-state index in [2.05, 4.69) is 20.6 Å². The number of aromatic nitrogens is 2. The second kappa shape index (κ2) is 7.99. The Balaban J connectivity index is 2.03. The molecule has 0 aliphatic rings. The number of hydrogen-bond donors (Lipinski definition) is 3. The van der Waals surface area contributed by atoms with E-state index >= 15 is 0 Å². The zero-order valence-corrected chi connectivity index (χ0v) is 14.3. The van der Waals surface area contributed by atoms with Crippen molar-refractivity contribution in [3.8, 4) is 0 Å². The van der Waals surface area contributed by atoms with Gasteiger partial charge in [0, 0.05) is 38.1 Å². The summed E-state index contributed by atoms with van der Waals surface area (Å²) in [5.74, 6) is 2.54. The zero-order chi connectivity index (χ0) is 16.8. The molecule has 3 N–H and O–H groups in total. The summed E-state index contributed by atoms with van der Waals surface area (Å²) in [5.41, 5.74) is 1.85. The van der Waals surface area contributed by atoms with Crippen molar-refractivity contribution in [2.45, 2.75) is 13.0 Å². The van der Waals surface area contributed by atoms with E-state index in [1.165, 1.54) is 0 Å². The summed E-state index contributed by atoms with van der Waals surface area (Å²) in [6.07, 6.45) is -0.553. The van der Waals surface area contributed by atoms with Crippen molar-refractivity contribution in [2.24, 2.45) is 0 Å². The average molecular weight is 336 g/mol. The Bertz CT molecular complexity index is 633. The van der Waals surface area contributed by atoms with Crippen molar-refractivity contribution in [2.75, 3.05) is 42.1 Å². The Morgan fingerprint density at radius 1 is 1.17 bits per heavy atom. The summed E-state index contributed by atoms with van der Waals surface area (Å²) in [6, 6.07) is 9.66. The first-order valence-electron chi connectivity index (χ1n) is 7.36. The maximum absolute atomic E-state index is 9.44. The van der Waals surface area contributed by atoms with Gasteiger partial charge in [-0.05, 0) is 31.2 Å². The molecule has 0 fully saturated rings. The number of rotatable bonds is 7. The van der Waals surface area contributed by atoms with Gasteiger partial charge in [-0.1, -0.05) is 0 Å². The fourth-order valence-corrected chi connectivity index (χ4v) is 2.06. The first kappa shape index (κ1) is 17.3. The number of nitrogens with zero attached hydrogens (tertiary/aromatic N) is 3. The highest BCUT2D eigenvalue weighted by atomic mass is 35.5. The topological polar surface area (TPSA) is 73.3 Å². The van der Waals surface area contributed by atoms with Crippen LogP contribution in [0.2, 0.25) is 0 Å². The Morgan fingerprint density at radius 2 is 1.83 bits per heavy atom. The summed E-state index contributed by atoms with van der Waals surface area (Å²) in [4.78, 5) is 10.7. The summed E-state index contributed by atoms with van der Waals surface area (Å²) in [5, 5.41) is 15.8. The largest absolute Gasteiger partial charge is 0.390 e. The smallest absolute Gasteiger partial charge is 0.136 e. The molecule has 23 heavy (non-hydrogen) atoms. The van der Waals surface area contributed by atoms with Crippen LogP contribution >= 0.6 is 11.6 Å². The highest BCUT2D eigenvalue weighted by Gasteiger charge is 2.05. The third-order valence-corrected chi connectivity index (χ3v) is 3.52. The number of nitrogens with one attached hydrogen (secondary N) is 2.